The normalized spacial score (nSPS) is 26.1. The van der Waals surface area contributed by atoms with E-state index >= 15 is 0 Å². The zero-order chi connectivity index (χ0) is 38.8. The highest BCUT2D eigenvalue weighted by atomic mass is 16.8. The average Bonchev–Trinajstić information content (AvgIpc) is 3.47. The molecule has 1 N–H and O–H groups in total. The van der Waals surface area contributed by atoms with Crippen molar-refractivity contribution in [1.82, 2.24) is 0 Å². The lowest BCUT2D eigenvalue weighted by Gasteiger charge is -2.42. The molecule has 2 saturated heterocycles. The second-order valence-electron chi connectivity index (χ2n) is 12.1. The molecule has 0 spiro atoms. The van der Waals surface area contributed by atoms with Gasteiger partial charge in [0.1, 0.15) is 18.8 Å². The van der Waals surface area contributed by atoms with Crippen molar-refractivity contribution in [2.75, 3.05) is 13.2 Å². The van der Waals surface area contributed by atoms with Crippen LogP contribution in [0.25, 0.3) is 0 Å². The maximum atomic E-state index is 13.4. The number of ether oxygens (including phenoxy) is 9. The number of hydrogen-bond acceptors (Lipinski definition) is 16. The Hall–Kier alpha value is -5.68. The monoisotopic (exact) mass is 750 g/mol. The molecular formula is C38H38O16. The lowest BCUT2D eigenvalue weighted by molar-refractivity contribution is -0.304. The van der Waals surface area contributed by atoms with Crippen molar-refractivity contribution in [2.24, 2.45) is 0 Å². The average molecular weight is 751 g/mol. The van der Waals surface area contributed by atoms with Gasteiger partial charge in [0.25, 0.3) is 0 Å². The quantitative estimate of drug-likeness (QED) is 0.197. The summed E-state index contributed by atoms with van der Waals surface area (Å²) < 4.78 is 50.9. The number of esters is 6. The minimum Gasteiger partial charge on any atom is -0.459 e. The molecule has 54 heavy (non-hydrogen) atoms. The fourth-order valence-corrected chi connectivity index (χ4v) is 5.77. The lowest BCUT2D eigenvalue weighted by Crippen LogP contribution is -2.62. The van der Waals surface area contributed by atoms with Crippen LogP contribution in [0.4, 0.5) is 0 Å². The first-order valence-corrected chi connectivity index (χ1v) is 16.8. The maximum Gasteiger partial charge on any atom is 0.338 e. The number of rotatable bonds is 13. The van der Waals surface area contributed by atoms with Gasteiger partial charge in [0.05, 0.1) is 23.3 Å². The molecule has 5 rings (SSSR count). The third kappa shape index (κ3) is 10.3. The second-order valence-corrected chi connectivity index (χ2v) is 12.1. The Bertz CT molecular complexity index is 1770. The van der Waals surface area contributed by atoms with Gasteiger partial charge in [0.15, 0.2) is 43.1 Å². The molecule has 0 radical (unpaired) electrons. The summed E-state index contributed by atoms with van der Waals surface area (Å²) in [5, 5.41) is 10.8. The molecule has 0 aliphatic carbocycles. The molecular weight excluding hydrogens is 712 g/mol. The lowest BCUT2D eigenvalue weighted by atomic mass is 9.98. The Morgan fingerprint density at radius 3 is 1.41 bits per heavy atom. The van der Waals surface area contributed by atoms with Gasteiger partial charge < -0.3 is 47.7 Å². The summed E-state index contributed by atoms with van der Waals surface area (Å²) >= 11 is 0. The topological polar surface area (TPSA) is 206 Å². The molecule has 9 atom stereocenters. The van der Waals surface area contributed by atoms with E-state index in [1.54, 1.807) is 54.6 Å². The van der Waals surface area contributed by atoms with Crippen molar-refractivity contribution in [1.29, 1.82) is 0 Å². The predicted molar refractivity (Wildman–Crippen MR) is 180 cm³/mol. The van der Waals surface area contributed by atoms with Gasteiger partial charge in [0.2, 0.25) is 0 Å². The highest BCUT2D eigenvalue weighted by Crippen LogP contribution is 2.33. The van der Waals surface area contributed by atoms with Crippen molar-refractivity contribution >= 4 is 35.8 Å². The molecule has 0 aromatic heterocycles. The predicted octanol–water partition coefficient (Wildman–Crippen LogP) is 2.55. The first-order chi connectivity index (χ1) is 25.9. The van der Waals surface area contributed by atoms with Gasteiger partial charge >= 0.3 is 35.8 Å². The zero-order valence-electron chi connectivity index (χ0n) is 29.3. The molecule has 3 aromatic rings. The minimum absolute atomic E-state index is 0.137. The molecule has 2 heterocycles. The Labute approximate surface area is 309 Å². The van der Waals surface area contributed by atoms with Crippen LogP contribution < -0.4 is 0 Å². The summed E-state index contributed by atoms with van der Waals surface area (Å²) in [7, 11) is 0. The van der Waals surface area contributed by atoms with E-state index in [1.807, 2.05) is 0 Å². The minimum atomic E-state index is -1.89. The van der Waals surface area contributed by atoms with Crippen LogP contribution in [0, 0.1) is 0 Å². The van der Waals surface area contributed by atoms with Crippen LogP contribution in [0.1, 0.15) is 51.8 Å². The summed E-state index contributed by atoms with van der Waals surface area (Å²) in [5.74, 6) is -4.94. The Kier molecular flexibility index (Phi) is 13.5. The van der Waals surface area contributed by atoms with Crippen molar-refractivity contribution in [3.05, 3.63) is 108 Å². The molecule has 16 nitrogen and oxygen atoms in total. The first-order valence-electron chi connectivity index (χ1n) is 16.8. The van der Waals surface area contributed by atoms with Crippen LogP contribution in [0.2, 0.25) is 0 Å². The Morgan fingerprint density at radius 2 is 0.907 bits per heavy atom. The van der Waals surface area contributed by atoms with Crippen molar-refractivity contribution in [2.45, 2.75) is 76.1 Å². The molecule has 0 amide bonds. The van der Waals surface area contributed by atoms with E-state index in [2.05, 4.69) is 0 Å². The summed E-state index contributed by atoms with van der Waals surface area (Å²) in [6.07, 6.45) is -13.7. The Morgan fingerprint density at radius 1 is 0.500 bits per heavy atom. The third-order valence-corrected chi connectivity index (χ3v) is 8.10. The summed E-state index contributed by atoms with van der Waals surface area (Å²) in [6, 6.07) is 23.9. The zero-order valence-corrected chi connectivity index (χ0v) is 29.3. The van der Waals surface area contributed by atoms with Crippen LogP contribution in [0.15, 0.2) is 91.0 Å². The van der Waals surface area contributed by atoms with E-state index in [0.29, 0.717) is 0 Å². The summed E-state index contributed by atoms with van der Waals surface area (Å²) in [5.41, 5.74) is 0.521. The smallest absolute Gasteiger partial charge is 0.338 e. The fraction of sp³-hybridized carbons (Fsp3) is 0.368. The van der Waals surface area contributed by atoms with E-state index in [4.69, 9.17) is 42.6 Å². The molecule has 16 heteroatoms. The number of aliphatic hydroxyl groups excluding tert-OH is 1. The molecule has 0 bridgehead atoms. The highest BCUT2D eigenvalue weighted by Gasteiger charge is 2.54. The van der Waals surface area contributed by atoms with E-state index in [-0.39, 0.29) is 16.7 Å². The van der Waals surface area contributed by atoms with Crippen LogP contribution >= 0.6 is 0 Å². The van der Waals surface area contributed by atoms with Gasteiger partial charge in [-0.25, -0.2) is 14.4 Å². The fourth-order valence-electron chi connectivity index (χ4n) is 5.77. The molecule has 3 aromatic carbocycles. The van der Waals surface area contributed by atoms with Gasteiger partial charge in [0, 0.05) is 20.8 Å². The van der Waals surface area contributed by atoms with E-state index in [0.717, 1.165) is 20.8 Å². The van der Waals surface area contributed by atoms with E-state index < -0.39 is 104 Å². The van der Waals surface area contributed by atoms with Gasteiger partial charge in [-0.3, -0.25) is 14.4 Å². The van der Waals surface area contributed by atoms with Crippen molar-refractivity contribution < 1.29 is 76.5 Å². The number of carbonyl (C=O) groups is 6. The number of benzene rings is 3. The molecule has 2 aliphatic rings. The number of hydrogen-bond donors (Lipinski definition) is 1. The van der Waals surface area contributed by atoms with Gasteiger partial charge in [-0.05, 0) is 36.4 Å². The van der Waals surface area contributed by atoms with Crippen molar-refractivity contribution in [3.8, 4) is 0 Å². The Balaban J connectivity index is 1.45. The number of carbonyl (C=O) groups excluding carboxylic acids is 6. The van der Waals surface area contributed by atoms with Gasteiger partial charge in [-0.1, -0.05) is 54.6 Å². The first kappa shape index (κ1) is 39.5. The van der Waals surface area contributed by atoms with Crippen LogP contribution in [0.3, 0.4) is 0 Å². The largest absolute Gasteiger partial charge is 0.459 e. The van der Waals surface area contributed by atoms with Crippen molar-refractivity contribution in [3.63, 3.8) is 0 Å². The molecule has 0 unspecified atom stereocenters. The molecule has 2 aliphatic heterocycles. The van der Waals surface area contributed by atoms with E-state index in [9.17, 15) is 33.9 Å². The maximum absolute atomic E-state index is 13.4. The molecule has 286 valence electrons. The second kappa shape index (κ2) is 18.4. The highest BCUT2D eigenvalue weighted by molar-refractivity contribution is 5.91. The summed E-state index contributed by atoms with van der Waals surface area (Å²) in [6.45, 7) is 2.09. The van der Waals surface area contributed by atoms with Gasteiger partial charge in [-0.2, -0.15) is 0 Å². The van der Waals surface area contributed by atoms with Crippen LogP contribution in [0.5, 0.6) is 0 Å². The van der Waals surface area contributed by atoms with Crippen LogP contribution in [-0.4, -0.2) is 109 Å². The SMILES string of the molecule is CC(=O)O[C@H]1[C@@H](OC(C)=O)[C@@H](O)O[C@@H](CO[C@H]2O[C@@H](COC(=O)c3ccccc3)[C@@H](OC(=O)c3ccccc3)[C@H]2OC(=O)c2ccccc2)[C@H]1OC(C)=O. The standard InChI is InChI=1S/C38H38O16/c1-21(39)48-29-27(51-37(45)32(50-23(3)41)31(29)49-22(2)40)20-47-38-33(54-36(44)26-17-11-6-12-18-26)30(53-35(43)25-15-9-5-10-16-25)28(52-38)19-46-34(42)24-13-7-4-8-14-24/h4-18,27-33,37-38,45H,19-20H2,1-3H3/t27-,28-,29+,30+,31+,32+,33+,37-,38-/m0/s1. The molecule has 2 fully saturated rings. The number of aliphatic hydroxyl groups is 1. The molecule has 0 saturated carbocycles. The van der Waals surface area contributed by atoms with E-state index in [1.165, 1.54) is 36.4 Å². The van der Waals surface area contributed by atoms with Gasteiger partial charge in [-0.15, -0.1) is 0 Å². The third-order valence-electron chi connectivity index (χ3n) is 8.10. The summed E-state index contributed by atoms with van der Waals surface area (Å²) in [4.78, 5) is 75.9. The van der Waals surface area contributed by atoms with Crippen LogP contribution in [-0.2, 0) is 57.0 Å².